The summed E-state index contributed by atoms with van der Waals surface area (Å²) in [4.78, 5) is 32.0. The van der Waals surface area contributed by atoms with Crippen LogP contribution in [0.5, 0.6) is 11.5 Å². The van der Waals surface area contributed by atoms with Crippen LogP contribution in [0.25, 0.3) is 6.08 Å². The van der Waals surface area contributed by atoms with E-state index in [0.717, 1.165) is 0 Å². The summed E-state index contributed by atoms with van der Waals surface area (Å²) < 4.78 is 19.3. The Balaban J connectivity index is 1.96. The van der Waals surface area contributed by atoms with Crippen LogP contribution in [0.15, 0.2) is 61.9 Å². The molecule has 7 nitrogen and oxygen atoms in total. The Kier molecular flexibility index (Phi) is 8.26. The molecule has 1 aliphatic heterocycles. The average Bonchev–Trinajstić information content (AvgIpc) is 3.14. The largest absolute Gasteiger partial charge is 0.496 e. The fraction of sp³-hybridized carbons (Fsp3) is 0.296. The Morgan fingerprint density at radius 2 is 1.97 bits per heavy atom. The highest BCUT2D eigenvalue weighted by Gasteiger charge is 2.33. The quantitative estimate of drug-likeness (QED) is 0.354. The molecule has 0 saturated heterocycles. The molecule has 2 aromatic carbocycles. The van der Waals surface area contributed by atoms with Gasteiger partial charge in [0.1, 0.15) is 11.5 Å². The van der Waals surface area contributed by atoms with Crippen molar-refractivity contribution in [2.45, 2.75) is 39.8 Å². The van der Waals surface area contributed by atoms with E-state index < -0.39 is 12.0 Å². The Hall–Kier alpha value is -2.88. The summed E-state index contributed by atoms with van der Waals surface area (Å²) >= 11 is 11.0. The van der Waals surface area contributed by atoms with Crippen LogP contribution in [-0.4, -0.2) is 30.4 Å². The van der Waals surface area contributed by atoms with Crippen LogP contribution in [0.3, 0.4) is 0 Å². The molecule has 37 heavy (non-hydrogen) atoms. The Morgan fingerprint density at radius 1 is 1.24 bits per heavy atom. The van der Waals surface area contributed by atoms with E-state index >= 15 is 0 Å². The number of rotatable bonds is 7. The Morgan fingerprint density at radius 3 is 2.62 bits per heavy atom. The van der Waals surface area contributed by atoms with E-state index in [2.05, 4.69) is 20.9 Å². The zero-order valence-corrected chi connectivity index (χ0v) is 24.2. The van der Waals surface area contributed by atoms with E-state index in [1.54, 1.807) is 51.3 Å². The number of esters is 1. The van der Waals surface area contributed by atoms with Gasteiger partial charge in [-0.25, -0.2) is 9.79 Å². The minimum absolute atomic E-state index is 0.0575. The molecule has 0 N–H and O–H groups in total. The normalized spacial score (nSPS) is 15.5. The third-order valence-corrected chi connectivity index (χ3v) is 7.47. The SMILES string of the molecule is CCOC(=O)C1=C(C)N=c2s/c(=C/c3cc(Cl)ccc3OC(C)C)c(=O)n2[C@@H]1c1ccc(OC)c(Br)c1. The fourth-order valence-corrected chi connectivity index (χ4v) is 5.87. The lowest BCUT2D eigenvalue weighted by atomic mass is 9.96. The van der Waals surface area contributed by atoms with Crippen LogP contribution in [0.2, 0.25) is 5.02 Å². The van der Waals surface area contributed by atoms with Gasteiger partial charge < -0.3 is 14.2 Å². The lowest BCUT2D eigenvalue weighted by Gasteiger charge is -2.25. The van der Waals surface area contributed by atoms with E-state index in [0.29, 0.717) is 52.7 Å². The first-order chi connectivity index (χ1) is 17.6. The number of nitrogens with zero attached hydrogens (tertiary/aromatic N) is 2. The van der Waals surface area contributed by atoms with Gasteiger partial charge in [-0.1, -0.05) is 29.0 Å². The van der Waals surface area contributed by atoms with Crippen LogP contribution in [0.1, 0.15) is 44.9 Å². The number of aromatic nitrogens is 1. The predicted molar refractivity (Wildman–Crippen MR) is 148 cm³/mol. The third-order valence-electron chi connectivity index (χ3n) is 5.63. The maximum Gasteiger partial charge on any atom is 0.338 e. The van der Waals surface area contributed by atoms with Gasteiger partial charge in [0, 0.05) is 10.6 Å². The molecule has 3 aromatic rings. The number of allylic oxidation sites excluding steroid dienone is 1. The summed E-state index contributed by atoms with van der Waals surface area (Å²) in [7, 11) is 1.57. The van der Waals surface area contributed by atoms with Crippen LogP contribution < -0.4 is 24.4 Å². The van der Waals surface area contributed by atoms with E-state index in [1.165, 1.54) is 15.9 Å². The third kappa shape index (κ3) is 5.54. The van der Waals surface area contributed by atoms with Gasteiger partial charge in [0.2, 0.25) is 0 Å². The smallest absolute Gasteiger partial charge is 0.338 e. The summed E-state index contributed by atoms with van der Waals surface area (Å²) in [5.41, 5.74) is 1.91. The first-order valence-electron chi connectivity index (χ1n) is 11.6. The second-order valence-electron chi connectivity index (χ2n) is 8.55. The number of hydrogen-bond acceptors (Lipinski definition) is 7. The predicted octanol–water partition coefficient (Wildman–Crippen LogP) is 5.01. The van der Waals surface area contributed by atoms with Gasteiger partial charge in [0.15, 0.2) is 4.80 Å². The summed E-state index contributed by atoms with van der Waals surface area (Å²) in [5.74, 6) is 0.731. The standard InChI is InChI=1S/C27H26BrClN2O5S/c1-6-35-26(33)23-15(4)30-27-31(24(23)16-7-9-21(34-5)19(28)12-16)25(32)22(37-27)13-17-11-18(29)8-10-20(17)36-14(2)3/h7-14,24H,6H2,1-5H3/b22-13+/t24-/m1/s1. The van der Waals surface area contributed by atoms with E-state index in [-0.39, 0.29) is 18.3 Å². The van der Waals surface area contributed by atoms with Crippen molar-refractivity contribution in [3.05, 3.63) is 88.0 Å². The van der Waals surface area contributed by atoms with Crippen molar-refractivity contribution in [3.8, 4) is 11.5 Å². The van der Waals surface area contributed by atoms with Gasteiger partial charge in [0.05, 0.1) is 46.1 Å². The molecule has 1 atom stereocenters. The molecule has 0 aliphatic carbocycles. The van der Waals surface area contributed by atoms with Gasteiger partial charge in [0.25, 0.3) is 5.56 Å². The number of halogens is 2. The van der Waals surface area contributed by atoms with Crippen molar-refractivity contribution in [1.29, 1.82) is 0 Å². The highest BCUT2D eigenvalue weighted by molar-refractivity contribution is 9.10. The van der Waals surface area contributed by atoms with Crippen molar-refractivity contribution in [2.75, 3.05) is 13.7 Å². The lowest BCUT2D eigenvalue weighted by molar-refractivity contribution is -0.139. The molecule has 0 fully saturated rings. The van der Waals surface area contributed by atoms with Crippen molar-refractivity contribution < 1.29 is 19.0 Å². The summed E-state index contributed by atoms with van der Waals surface area (Å²) in [5, 5.41) is 0.525. The van der Waals surface area contributed by atoms with Crippen molar-refractivity contribution in [2.24, 2.45) is 4.99 Å². The van der Waals surface area contributed by atoms with Gasteiger partial charge in [-0.05, 0) is 85.6 Å². The second-order valence-corrected chi connectivity index (χ2v) is 10.8. The number of fused-ring (bicyclic) bond motifs is 1. The topological polar surface area (TPSA) is 79.1 Å². The first kappa shape index (κ1) is 27.2. The maximum absolute atomic E-state index is 13.9. The monoisotopic (exact) mass is 604 g/mol. The number of benzene rings is 2. The average molecular weight is 606 g/mol. The molecular weight excluding hydrogens is 580 g/mol. The molecule has 0 saturated carbocycles. The molecule has 0 unspecified atom stereocenters. The summed E-state index contributed by atoms with van der Waals surface area (Å²) in [6.07, 6.45) is 1.69. The van der Waals surface area contributed by atoms with Crippen LogP contribution in [0, 0.1) is 0 Å². The lowest BCUT2D eigenvalue weighted by Crippen LogP contribution is -2.40. The zero-order valence-electron chi connectivity index (χ0n) is 21.0. The van der Waals surface area contributed by atoms with Gasteiger partial charge >= 0.3 is 5.97 Å². The molecule has 10 heteroatoms. The summed E-state index contributed by atoms with van der Waals surface area (Å²) in [6, 6.07) is 10.0. The van der Waals surface area contributed by atoms with E-state index in [1.807, 2.05) is 26.0 Å². The minimum Gasteiger partial charge on any atom is -0.496 e. The van der Waals surface area contributed by atoms with Crippen molar-refractivity contribution in [1.82, 2.24) is 4.57 Å². The molecule has 0 bridgehead atoms. The Bertz CT molecular complexity index is 1570. The van der Waals surface area contributed by atoms with Gasteiger partial charge in [-0.3, -0.25) is 9.36 Å². The van der Waals surface area contributed by atoms with Crippen LogP contribution in [0.4, 0.5) is 0 Å². The molecule has 0 radical (unpaired) electrons. The van der Waals surface area contributed by atoms with Crippen molar-refractivity contribution >= 4 is 50.9 Å². The molecule has 1 aliphatic rings. The van der Waals surface area contributed by atoms with Crippen LogP contribution >= 0.6 is 38.9 Å². The minimum atomic E-state index is -0.731. The maximum atomic E-state index is 13.9. The van der Waals surface area contributed by atoms with Gasteiger partial charge in [-0.15, -0.1) is 0 Å². The molecule has 194 valence electrons. The van der Waals surface area contributed by atoms with E-state index in [9.17, 15) is 9.59 Å². The zero-order chi connectivity index (χ0) is 26.9. The van der Waals surface area contributed by atoms with Gasteiger partial charge in [-0.2, -0.15) is 0 Å². The van der Waals surface area contributed by atoms with Crippen molar-refractivity contribution in [3.63, 3.8) is 0 Å². The fourth-order valence-electron chi connectivity index (χ4n) is 4.09. The first-order valence-corrected chi connectivity index (χ1v) is 13.6. The Labute approximate surface area is 231 Å². The highest BCUT2D eigenvalue weighted by Crippen LogP contribution is 2.35. The number of thiazole rings is 1. The molecule has 0 amide bonds. The number of carbonyl (C=O) groups is 1. The number of carbonyl (C=O) groups excluding carboxylic acids is 1. The molecule has 0 spiro atoms. The van der Waals surface area contributed by atoms with E-state index in [4.69, 9.17) is 25.8 Å². The highest BCUT2D eigenvalue weighted by atomic mass is 79.9. The number of hydrogen-bond donors (Lipinski definition) is 0. The molecule has 1 aromatic heterocycles. The summed E-state index contributed by atoms with van der Waals surface area (Å²) in [6.45, 7) is 7.55. The number of ether oxygens (including phenoxy) is 3. The molecule has 2 heterocycles. The second kappa shape index (κ2) is 11.2. The van der Waals surface area contributed by atoms with Crippen LogP contribution in [-0.2, 0) is 9.53 Å². The number of methoxy groups -OCH3 is 1. The molecular formula is C27H26BrClN2O5S. The molecule has 4 rings (SSSR count).